The first-order valence-electron chi connectivity index (χ1n) is 16.8. The van der Waals surface area contributed by atoms with Crippen molar-refractivity contribution in [3.05, 3.63) is 200 Å². The molecule has 0 aliphatic rings. The van der Waals surface area contributed by atoms with Gasteiger partial charge in [0.1, 0.15) is 0 Å². The Balaban J connectivity index is 1.14. The van der Waals surface area contributed by atoms with Crippen molar-refractivity contribution in [2.45, 2.75) is 0 Å². The molecule has 9 aromatic rings. The van der Waals surface area contributed by atoms with E-state index in [9.17, 15) is 0 Å². The maximum absolute atomic E-state index is 2.35. The Hall–Kier alpha value is -6.44. The molecule has 0 unspecified atom stereocenters. The number of nitrogens with zero attached hydrogens (tertiary/aromatic N) is 1. The summed E-state index contributed by atoms with van der Waals surface area (Å²) in [5, 5.41) is 7.68. The summed E-state index contributed by atoms with van der Waals surface area (Å²) in [5.41, 5.74) is 10.6. The molecule has 9 aromatic carbocycles. The quantitative estimate of drug-likeness (QED) is 0.167. The van der Waals surface area contributed by atoms with E-state index in [4.69, 9.17) is 0 Å². The fourth-order valence-electron chi connectivity index (χ4n) is 7.22. The Morgan fingerprint density at radius 2 is 0.694 bits per heavy atom. The fourth-order valence-corrected chi connectivity index (χ4v) is 7.22. The minimum atomic E-state index is 1.11. The SMILES string of the molecule is c1ccc(-c2ccc(N(c3ccc(-c4ccccc4)cc3)c3ccc(-c4cccc5ccc6c7ccccc7ccc6c45)cc3)cc2)cc1. The molecule has 0 aliphatic heterocycles. The van der Waals surface area contributed by atoms with Crippen LogP contribution >= 0.6 is 0 Å². The Kier molecular flexibility index (Phi) is 7.22. The van der Waals surface area contributed by atoms with Crippen molar-refractivity contribution in [2.24, 2.45) is 0 Å². The van der Waals surface area contributed by atoms with E-state index >= 15 is 0 Å². The summed E-state index contributed by atoms with van der Waals surface area (Å²) >= 11 is 0. The molecule has 1 heteroatoms. The van der Waals surface area contributed by atoms with Gasteiger partial charge in [-0.05, 0) is 102 Å². The summed E-state index contributed by atoms with van der Waals surface area (Å²) in [4.78, 5) is 2.35. The van der Waals surface area contributed by atoms with Gasteiger partial charge < -0.3 is 4.90 Å². The van der Waals surface area contributed by atoms with Crippen molar-refractivity contribution < 1.29 is 0 Å². The Morgan fingerprint density at radius 3 is 1.29 bits per heavy atom. The summed E-state index contributed by atoms with van der Waals surface area (Å²) in [7, 11) is 0. The van der Waals surface area contributed by atoms with E-state index in [-0.39, 0.29) is 0 Å². The van der Waals surface area contributed by atoms with Gasteiger partial charge in [0.25, 0.3) is 0 Å². The first kappa shape index (κ1) is 28.8. The first-order chi connectivity index (χ1) is 24.3. The van der Waals surface area contributed by atoms with Crippen molar-refractivity contribution in [1.29, 1.82) is 0 Å². The minimum absolute atomic E-state index is 1.11. The second kappa shape index (κ2) is 12.3. The lowest BCUT2D eigenvalue weighted by atomic mass is 9.91. The second-order valence-electron chi connectivity index (χ2n) is 12.6. The number of benzene rings is 9. The fraction of sp³-hybridized carbons (Fsp3) is 0. The van der Waals surface area contributed by atoms with Crippen molar-refractivity contribution in [3.63, 3.8) is 0 Å². The summed E-state index contributed by atoms with van der Waals surface area (Å²) in [6.07, 6.45) is 0. The van der Waals surface area contributed by atoms with Crippen molar-refractivity contribution >= 4 is 49.4 Å². The summed E-state index contributed by atoms with van der Waals surface area (Å²) < 4.78 is 0. The average molecular weight is 624 g/mol. The smallest absolute Gasteiger partial charge is 0.0462 e. The molecule has 0 N–H and O–H groups in total. The highest BCUT2D eigenvalue weighted by molar-refractivity contribution is 6.20. The predicted molar refractivity (Wildman–Crippen MR) is 210 cm³/mol. The maximum Gasteiger partial charge on any atom is 0.0462 e. The van der Waals surface area contributed by atoms with E-state index in [1.807, 2.05) is 0 Å². The van der Waals surface area contributed by atoms with Gasteiger partial charge in [-0.1, -0.05) is 164 Å². The zero-order valence-electron chi connectivity index (χ0n) is 27.0. The molecular weight excluding hydrogens is 591 g/mol. The molecule has 49 heavy (non-hydrogen) atoms. The van der Waals surface area contributed by atoms with Crippen LogP contribution in [-0.4, -0.2) is 0 Å². The summed E-state index contributed by atoms with van der Waals surface area (Å²) in [5.74, 6) is 0. The number of fused-ring (bicyclic) bond motifs is 5. The van der Waals surface area contributed by atoms with Gasteiger partial charge in [-0.2, -0.15) is 0 Å². The number of rotatable bonds is 6. The van der Waals surface area contributed by atoms with E-state index in [0.717, 1.165) is 17.1 Å². The molecule has 0 bridgehead atoms. The van der Waals surface area contributed by atoms with Crippen LogP contribution in [0.5, 0.6) is 0 Å². The molecule has 0 saturated heterocycles. The number of hydrogen-bond donors (Lipinski definition) is 0. The molecule has 0 atom stereocenters. The summed E-state index contributed by atoms with van der Waals surface area (Å²) in [6, 6.07) is 72.3. The van der Waals surface area contributed by atoms with Gasteiger partial charge in [0.05, 0.1) is 0 Å². The van der Waals surface area contributed by atoms with Crippen molar-refractivity contribution in [2.75, 3.05) is 4.90 Å². The van der Waals surface area contributed by atoms with Crippen LogP contribution in [0.2, 0.25) is 0 Å². The lowest BCUT2D eigenvalue weighted by Crippen LogP contribution is -2.09. The van der Waals surface area contributed by atoms with Crippen molar-refractivity contribution in [1.82, 2.24) is 0 Å². The molecule has 0 spiro atoms. The van der Waals surface area contributed by atoms with E-state index in [1.165, 1.54) is 65.7 Å². The van der Waals surface area contributed by atoms with Crippen LogP contribution in [0.1, 0.15) is 0 Å². The molecule has 0 amide bonds. The Bertz CT molecular complexity index is 2470. The molecule has 0 radical (unpaired) electrons. The molecule has 0 saturated carbocycles. The largest absolute Gasteiger partial charge is 0.311 e. The lowest BCUT2D eigenvalue weighted by molar-refractivity contribution is 1.28. The highest BCUT2D eigenvalue weighted by Crippen LogP contribution is 2.40. The minimum Gasteiger partial charge on any atom is -0.311 e. The number of anilines is 3. The van der Waals surface area contributed by atoms with E-state index in [0.29, 0.717) is 0 Å². The van der Waals surface area contributed by atoms with Crippen LogP contribution in [-0.2, 0) is 0 Å². The maximum atomic E-state index is 2.35. The van der Waals surface area contributed by atoms with Gasteiger partial charge in [0.2, 0.25) is 0 Å². The molecule has 0 heterocycles. The van der Waals surface area contributed by atoms with Crippen LogP contribution in [0.3, 0.4) is 0 Å². The third-order valence-corrected chi connectivity index (χ3v) is 9.67. The summed E-state index contributed by atoms with van der Waals surface area (Å²) in [6.45, 7) is 0. The average Bonchev–Trinajstić information content (AvgIpc) is 3.19. The normalized spacial score (nSPS) is 11.3. The van der Waals surface area contributed by atoms with Gasteiger partial charge in [-0.25, -0.2) is 0 Å². The molecular formula is C48H33N. The zero-order valence-corrected chi connectivity index (χ0v) is 27.0. The topological polar surface area (TPSA) is 3.24 Å². The molecule has 230 valence electrons. The van der Waals surface area contributed by atoms with Gasteiger partial charge in [0, 0.05) is 17.1 Å². The van der Waals surface area contributed by atoms with Gasteiger partial charge in [-0.3, -0.25) is 0 Å². The van der Waals surface area contributed by atoms with E-state index in [2.05, 4.69) is 205 Å². The predicted octanol–water partition coefficient (Wildman–Crippen LogP) is 13.6. The monoisotopic (exact) mass is 623 g/mol. The highest BCUT2D eigenvalue weighted by atomic mass is 15.1. The van der Waals surface area contributed by atoms with E-state index in [1.54, 1.807) is 0 Å². The van der Waals surface area contributed by atoms with Crippen LogP contribution in [0.15, 0.2) is 200 Å². The lowest BCUT2D eigenvalue weighted by Gasteiger charge is -2.26. The third kappa shape index (κ3) is 5.32. The second-order valence-corrected chi connectivity index (χ2v) is 12.6. The van der Waals surface area contributed by atoms with Crippen molar-refractivity contribution in [3.8, 4) is 33.4 Å². The van der Waals surface area contributed by atoms with E-state index < -0.39 is 0 Å². The molecule has 1 nitrogen and oxygen atoms in total. The molecule has 9 rings (SSSR count). The Labute approximate surface area is 287 Å². The van der Waals surface area contributed by atoms with Gasteiger partial charge in [0.15, 0.2) is 0 Å². The first-order valence-corrected chi connectivity index (χ1v) is 16.8. The molecule has 0 aliphatic carbocycles. The zero-order chi connectivity index (χ0) is 32.6. The van der Waals surface area contributed by atoms with Gasteiger partial charge >= 0.3 is 0 Å². The Morgan fingerprint density at radius 1 is 0.245 bits per heavy atom. The van der Waals surface area contributed by atoms with Gasteiger partial charge in [-0.15, -0.1) is 0 Å². The standard InChI is InChI=1S/C48H33N/c1-3-10-34(11-4-1)36-18-26-41(27-19-36)49(42-28-20-37(21-29-42)35-12-5-2-6-13-35)43-30-22-39(23-31-43)45-17-9-15-40-25-32-46-44-16-8-7-14-38(44)24-33-47(46)48(40)45/h1-33H. The highest BCUT2D eigenvalue weighted by Gasteiger charge is 2.15. The third-order valence-electron chi connectivity index (χ3n) is 9.67. The van der Waals surface area contributed by atoms with Crippen LogP contribution in [0.25, 0.3) is 65.7 Å². The molecule has 0 aromatic heterocycles. The van der Waals surface area contributed by atoms with Crippen LogP contribution < -0.4 is 4.90 Å². The number of hydrogen-bond acceptors (Lipinski definition) is 1. The molecule has 0 fully saturated rings. The van der Waals surface area contributed by atoms with Crippen LogP contribution in [0, 0.1) is 0 Å². The van der Waals surface area contributed by atoms with Crippen LogP contribution in [0.4, 0.5) is 17.1 Å².